The van der Waals surface area contributed by atoms with Gasteiger partial charge < -0.3 is 4.74 Å². The quantitative estimate of drug-likeness (QED) is 0.330. The molecule has 9 nitrogen and oxygen atoms in total. The summed E-state index contributed by atoms with van der Waals surface area (Å²) in [4.78, 5) is 21.9. The van der Waals surface area contributed by atoms with Gasteiger partial charge in [0.25, 0.3) is 11.6 Å². The second-order valence-electron chi connectivity index (χ2n) is 4.59. The maximum atomic E-state index is 11.8. The van der Waals surface area contributed by atoms with Crippen LogP contribution >= 0.6 is 0 Å². The highest BCUT2D eigenvalue weighted by atomic mass is 16.6. The highest BCUT2D eigenvalue weighted by molar-refractivity contribution is 5.96. The molecule has 22 heavy (non-hydrogen) atoms. The lowest BCUT2D eigenvalue weighted by atomic mass is 10.1. The van der Waals surface area contributed by atoms with Gasteiger partial charge in [-0.2, -0.15) is 5.10 Å². The van der Waals surface area contributed by atoms with E-state index in [0.717, 1.165) is 0 Å². The zero-order valence-electron chi connectivity index (χ0n) is 12.0. The number of hydrogen-bond donors (Lipinski definition) is 3. The van der Waals surface area contributed by atoms with Gasteiger partial charge in [0.2, 0.25) is 0 Å². The van der Waals surface area contributed by atoms with E-state index in [2.05, 4.69) is 15.6 Å². The smallest absolute Gasteiger partial charge is 0.269 e. The molecule has 0 spiro atoms. The largest absolute Gasteiger partial charge is 0.484 e. The fraction of sp³-hybridized carbons (Fsp3) is 0.231. The Morgan fingerprint density at radius 2 is 2.09 bits per heavy atom. The van der Waals surface area contributed by atoms with Crippen LogP contribution in [0.1, 0.15) is 34.8 Å². The molecule has 0 aliphatic carbocycles. The van der Waals surface area contributed by atoms with Gasteiger partial charge in [0.1, 0.15) is 17.5 Å². The second-order valence-corrected chi connectivity index (χ2v) is 4.59. The number of hydrazine groups is 1. The number of rotatable bonds is 5. The zero-order valence-corrected chi connectivity index (χ0v) is 12.0. The number of nitro groups is 1. The first kappa shape index (κ1) is 15.4. The van der Waals surface area contributed by atoms with Crippen molar-refractivity contribution in [3.05, 3.63) is 51.3 Å². The van der Waals surface area contributed by atoms with E-state index >= 15 is 0 Å². The van der Waals surface area contributed by atoms with Gasteiger partial charge in [-0.1, -0.05) is 0 Å². The number of amides is 1. The summed E-state index contributed by atoms with van der Waals surface area (Å²) in [6.45, 7) is 3.41. The van der Waals surface area contributed by atoms with Crippen molar-refractivity contribution in [3.8, 4) is 5.75 Å². The van der Waals surface area contributed by atoms with Crippen molar-refractivity contribution in [2.24, 2.45) is 5.84 Å². The number of non-ortho nitro benzene ring substituents is 1. The van der Waals surface area contributed by atoms with E-state index in [1.54, 1.807) is 13.8 Å². The maximum absolute atomic E-state index is 11.8. The molecular weight excluding hydrogens is 290 g/mol. The van der Waals surface area contributed by atoms with Crippen molar-refractivity contribution >= 4 is 11.6 Å². The van der Waals surface area contributed by atoms with Gasteiger partial charge in [-0.25, -0.2) is 5.84 Å². The molecule has 0 saturated heterocycles. The molecular formula is C13H15N5O4. The van der Waals surface area contributed by atoms with Crippen LogP contribution in [-0.2, 0) is 0 Å². The summed E-state index contributed by atoms with van der Waals surface area (Å²) in [7, 11) is 0. The minimum absolute atomic E-state index is 0.0289. The Kier molecular flexibility index (Phi) is 4.37. The molecule has 1 aromatic heterocycles. The van der Waals surface area contributed by atoms with Crippen LogP contribution in [0, 0.1) is 17.0 Å². The normalized spacial score (nSPS) is 11.8. The molecule has 1 amide bonds. The monoisotopic (exact) mass is 305 g/mol. The first-order chi connectivity index (χ1) is 10.4. The lowest BCUT2D eigenvalue weighted by Gasteiger charge is -2.14. The molecule has 1 unspecified atom stereocenters. The van der Waals surface area contributed by atoms with Crippen molar-refractivity contribution < 1.29 is 14.5 Å². The third kappa shape index (κ3) is 3.04. The van der Waals surface area contributed by atoms with E-state index < -0.39 is 16.9 Å². The molecule has 0 saturated carbocycles. The summed E-state index contributed by atoms with van der Waals surface area (Å²) < 4.78 is 5.66. The van der Waals surface area contributed by atoms with Gasteiger partial charge in [0.05, 0.1) is 10.5 Å². The number of nitrogens with zero attached hydrogens (tertiary/aromatic N) is 2. The van der Waals surface area contributed by atoms with Gasteiger partial charge in [-0.15, -0.1) is 0 Å². The molecule has 0 bridgehead atoms. The summed E-state index contributed by atoms with van der Waals surface area (Å²) in [5, 5.41) is 17.4. The van der Waals surface area contributed by atoms with Crippen molar-refractivity contribution in [1.29, 1.82) is 0 Å². The standard InChI is InChI=1S/C13H15N5O4/c1-7-11(13(19)15-14)12(17-16-7)8(2)22-10-5-3-9(4-6-10)18(20)21/h3-6,8H,14H2,1-2H3,(H,15,19)(H,16,17). The van der Waals surface area contributed by atoms with Crippen LogP contribution < -0.4 is 16.0 Å². The molecule has 9 heteroatoms. The van der Waals surface area contributed by atoms with E-state index in [1.807, 2.05) is 0 Å². The Labute approximate surface area is 125 Å². The molecule has 1 aromatic carbocycles. The average Bonchev–Trinajstić information content (AvgIpc) is 2.89. The highest BCUT2D eigenvalue weighted by Gasteiger charge is 2.23. The highest BCUT2D eigenvalue weighted by Crippen LogP contribution is 2.25. The van der Waals surface area contributed by atoms with Gasteiger partial charge in [-0.05, 0) is 26.0 Å². The number of nitrogen functional groups attached to an aromatic ring is 1. The van der Waals surface area contributed by atoms with Crippen LogP contribution in [0.4, 0.5) is 5.69 Å². The number of carbonyl (C=O) groups is 1. The second kappa shape index (κ2) is 6.22. The summed E-state index contributed by atoms with van der Waals surface area (Å²) in [5.74, 6) is 5.11. The zero-order chi connectivity index (χ0) is 16.3. The number of H-pyrrole nitrogens is 1. The molecule has 0 aliphatic rings. The van der Waals surface area contributed by atoms with Crippen molar-refractivity contribution in [3.63, 3.8) is 0 Å². The number of aromatic nitrogens is 2. The van der Waals surface area contributed by atoms with Gasteiger partial charge in [0.15, 0.2) is 0 Å². The predicted octanol–water partition coefficient (Wildman–Crippen LogP) is 1.37. The number of nitrogens with two attached hydrogens (primary N) is 1. The average molecular weight is 305 g/mol. The van der Waals surface area contributed by atoms with Gasteiger partial charge in [0, 0.05) is 17.8 Å². The minimum Gasteiger partial charge on any atom is -0.484 e. The number of aromatic amines is 1. The van der Waals surface area contributed by atoms with Crippen molar-refractivity contribution in [2.75, 3.05) is 0 Å². The number of nitrogens with one attached hydrogen (secondary N) is 2. The van der Waals surface area contributed by atoms with Gasteiger partial charge >= 0.3 is 0 Å². The van der Waals surface area contributed by atoms with Crippen LogP contribution in [0.5, 0.6) is 5.75 Å². The summed E-state index contributed by atoms with van der Waals surface area (Å²) in [5.41, 5.74) is 3.31. The van der Waals surface area contributed by atoms with E-state index in [0.29, 0.717) is 22.7 Å². The molecule has 0 fully saturated rings. The topological polar surface area (TPSA) is 136 Å². The van der Waals surface area contributed by atoms with Crippen LogP contribution in [-0.4, -0.2) is 21.0 Å². The molecule has 0 radical (unpaired) electrons. The lowest BCUT2D eigenvalue weighted by molar-refractivity contribution is -0.384. The SMILES string of the molecule is Cc1[nH]nc(C(C)Oc2ccc([N+](=O)[O-])cc2)c1C(=O)NN. The van der Waals surface area contributed by atoms with Crippen molar-refractivity contribution in [2.45, 2.75) is 20.0 Å². The number of benzene rings is 1. The maximum Gasteiger partial charge on any atom is 0.269 e. The molecule has 0 aliphatic heterocycles. The fourth-order valence-corrected chi connectivity index (χ4v) is 2.01. The van der Waals surface area contributed by atoms with Crippen LogP contribution in [0.25, 0.3) is 0 Å². The third-order valence-corrected chi connectivity index (χ3v) is 3.08. The van der Waals surface area contributed by atoms with E-state index in [9.17, 15) is 14.9 Å². The number of carbonyl (C=O) groups excluding carboxylic acids is 1. The predicted molar refractivity (Wildman–Crippen MR) is 77.1 cm³/mol. The molecule has 4 N–H and O–H groups in total. The number of aryl methyl sites for hydroxylation is 1. The minimum atomic E-state index is -0.543. The van der Waals surface area contributed by atoms with Crippen molar-refractivity contribution in [1.82, 2.24) is 15.6 Å². The Bertz CT molecular complexity index is 695. The number of ether oxygens (including phenoxy) is 1. The Morgan fingerprint density at radius 1 is 1.45 bits per heavy atom. The van der Waals surface area contributed by atoms with Crippen LogP contribution in [0.15, 0.2) is 24.3 Å². The summed E-state index contributed by atoms with van der Waals surface area (Å²) >= 11 is 0. The first-order valence-electron chi connectivity index (χ1n) is 6.41. The van der Waals surface area contributed by atoms with E-state index in [-0.39, 0.29) is 5.69 Å². The Balaban J connectivity index is 2.20. The first-order valence-corrected chi connectivity index (χ1v) is 6.41. The van der Waals surface area contributed by atoms with Gasteiger partial charge in [-0.3, -0.25) is 25.4 Å². The molecule has 116 valence electrons. The lowest BCUT2D eigenvalue weighted by Crippen LogP contribution is -2.31. The summed E-state index contributed by atoms with van der Waals surface area (Å²) in [6.07, 6.45) is -0.543. The van der Waals surface area contributed by atoms with E-state index in [4.69, 9.17) is 10.6 Å². The fourth-order valence-electron chi connectivity index (χ4n) is 2.01. The molecule has 2 aromatic rings. The van der Waals surface area contributed by atoms with Crippen LogP contribution in [0.3, 0.4) is 0 Å². The van der Waals surface area contributed by atoms with E-state index in [1.165, 1.54) is 24.3 Å². The molecule has 1 heterocycles. The molecule has 2 rings (SSSR count). The molecule has 1 atom stereocenters. The van der Waals surface area contributed by atoms with Crippen LogP contribution in [0.2, 0.25) is 0 Å². The third-order valence-electron chi connectivity index (χ3n) is 3.08. The summed E-state index contributed by atoms with van der Waals surface area (Å²) in [6, 6.07) is 5.64. The number of nitro benzene ring substituents is 1. The Hall–Kier alpha value is -2.94. The number of hydrogen-bond acceptors (Lipinski definition) is 6. The Morgan fingerprint density at radius 3 is 2.64 bits per heavy atom.